The normalized spacial score (nSPS) is 12.2. The van der Waals surface area contributed by atoms with E-state index in [0.717, 1.165) is 30.4 Å². The van der Waals surface area contributed by atoms with Crippen molar-refractivity contribution in [1.82, 2.24) is 4.90 Å². The minimum absolute atomic E-state index is 0.293. The highest BCUT2D eigenvalue weighted by Gasteiger charge is 2.16. The van der Waals surface area contributed by atoms with Crippen LogP contribution < -0.4 is 4.74 Å². The number of benzene rings is 5. The quantitative estimate of drug-likeness (QED) is 0.0473. The predicted molar refractivity (Wildman–Crippen MR) is 248 cm³/mol. The summed E-state index contributed by atoms with van der Waals surface area (Å²) in [6.45, 7) is 18.9. The molecule has 0 saturated carbocycles. The van der Waals surface area contributed by atoms with E-state index in [-0.39, 0.29) is 5.97 Å². The molecule has 59 heavy (non-hydrogen) atoms. The van der Waals surface area contributed by atoms with Gasteiger partial charge in [-0.25, -0.2) is 4.79 Å². The number of halogens is 1. The highest BCUT2D eigenvalue weighted by molar-refractivity contribution is 6.66. The molecule has 3 unspecified atom stereocenters. The van der Waals surface area contributed by atoms with Gasteiger partial charge in [0, 0.05) is 6.08 Å². The van der Waals surface area contributed by atoms with E-state index >= 15 is 0 Å². The first-order chi connectivity index (χ1) is 28.4. The smallest absolute Gasteiger partial charge is 0.336 e. The van der Waals surface area contributed by atoms with Gasteiger partial charge in [-0.15, -0.1) is 0 Å². The van der Waals surface area contributed by atoms with Gasteiger partial charge in [-0.1, -0.05) is 152 Å². The minimum atomic E-state index is -0.450. The molecule has 0 aliphatic heterocycles. The van der Waals surface area contributed by atoms with Crippen molar-refractivity contribution in [3.05, 3.63) is 173 Å². The van der Waals surface area contributed by atoms with Crippen molar-refractivity contribution >= 4 is 35.0 Å². The van der Waals surface area contributed by atoms with E-state index in [0.29, 0.717) is 35.0 Å². The SMILES string of the molecule is CCC(C)c1ccc(O)cc1.CCC(CC(C)c1ccc(O)cc1)c1ccc(OC(=O)/C=C/c2ccccc2)cc1.CCN(CC)CC.O=C(Cl)/C=C/c1ccccc1. The Balaban J connectivity index is 0.000000335. The number of carbonyl (C=O) groups is 2. The van der Waals surface area contributed by atoms with E-state index in [2.05, 4.69) is 53.4 Å². The molecule has 0 fully saturated rings. The molecule has 0 aliphatic rings. The summed E-state index contributed by atoms with van der Waals surface area (Å²) >= 11 is 5.10. The molecule has 2 N–H and O–H groups in total. The van der Waals surface area contributed by atoms with Crippen molar-refractivity contribution < 1.29 is 24.5 Å². The average molecular weight is 819 g/mol. The van der Waals surface area contributed by atoms with Crippen molar-refractivity contribution in [2.24, 2.45) is 0 Å². The molecule has 0 heterocycles. The Morgan fingerprint density at radius 2 is 1.00 bits per heavy atom. The van der Waals surface area contributed by atoms with Gasteiger partial charge in [0.2, 0.25) is 5.24 Å². The fraction of sp³-hybridized carbons (Fsp3) is 0.308. The van der Waals surface area contributed by atoms with Crippen LogP contribution in [0.3, 0.4) is 0 Å². The average Bonchev–Trinajstić information content (AvgIpc) is 3.26. The summed E-state index contributed by atoms with van der Waals surface area (Å²) in [5.41, 5.74) is 5.69. The zero-order chi connectivity index (χ0) is 43.4. The zero-order valence-corrected chi connectivity index (χ0v) is 36.7. The molecule has 0 saturated heterocycles. The van der Waals surface area contributed by atoms with Crippen LogP contribution in [0.15, 0.2) is 146 Å². The molecule has 5 aromatic carbocycles. The van der Waals surface area contributed by atoms with Gasteiger partial charge in [-0.05, 0) is 145 Å². The van der Waals surface area contributed by atoms with Crippen LogP contribution in [0.4, 0.5) is 0 Å². The zero-order valence-electron chi connectivity index (χ0n) is 35.9. The van der Waals surface area contributed by atoms with Crippen LogP contribution in [-0.4, -0.2) is 46.0 Å². The highest BCUT2D eigenvalue weighted by atomic mass is 35.5. The molecular formula is C52H64ClNO5. The number of allylic oxidation sites excluding steroid dienone is 1. The van der Waals surface area contributed by atoms with Gasteiger partial charge < -0.3 is 19.8 Å². The molecule has 7 heteroatoms. The summed E-state index contributed by atoms with van der Waals surface area (Å²) in [5, 5.41) is 18.0. The van der Waals surface area contributed by atoms with Crippen molar-refractivity contribution in [2.45, 2.75) is 85.5 Å². The molecule has 6 nitrogen and oxygen atoms in total. The second-order valence-electron chi connectivity index (χ2n) is 14.1. The number of phenolic OH excluding ortho intramolecular Hbond substituents is 2. The summed E-state index contributed by atoms with van der Waals surface area (Å²) < 4.78 is 5.42. The minimum Gasteiger partial charge on any atom is -0.508 e. The molecule has 0 spiro atoms. The first kappa shape index (κ1) is 49.7. The van der Waals surface area contributed by atoms with Crippen LogP contribution in [-0.2, 0) is 9.59 Å². The topological polar surface area (TPSA) is 87.1 Å². The summed E-state index contributed by atoms with van der Waals surface area (Å²) in [5.74, 6) is 2.18. The van der Waals surface area contributed by atoms with E-state index in [1.54, 1.807) is 36.4 Å². The fourth-order valence-electron chi connectivity index (χ4n) is 6.03. The Bertz CT molecular complexity index is 1920. The predicted octanol–water partition coefficient (Wildman–Crippen LogP) is 13.4. The Morgan fingerprint density at radius 3 is 1.39 bits per heavy atom. The van der Waals surface area contributed by atoms with E-state index in [9.17, 15) is 14.7 Å². The first-order valence-corrected chi connectivity index (χ1v) is 21.1. The van der Waals surface area contributed by atoms with Gasteiger partial charge in [0.15, 0.2) is 0 Å². The summed E-state index contributed by atoms with van der Waals surface area (Å²) in [7, 11) is 0. The number of phenols is 2. The number of hydrogen-bond acceptors (Lipinski definition) is 6. The standard InChI is InChI=1S/C27H28O3.C10H14O.C9H7ClO.C6H15N/c1-3-22(19-20(2)23-10-14-25(28)15-11-23)24-12-16-26(17-13-24)30-27(29)18-9-21-7-5-4-6-8-21;1-3-8(2)9-4-6-10(11)7-5-9;10-9(11)7-6-8-4-2-1-3-5-8;1-4-7(5-2)6-3/h4-18,20,22,28H,3,19H2,1-2H3;4-8,11H,3H2,1-2H3;1-7H;4-6H2,1-3H3/b18-9+;;7-6+;. The Morgan fingerprint density at radius 1 is 0.576 bits per heavy atom. The number of hydrogen-bond donors (Lipinski definition) is 2. The van der Waals surface area contributed by atoms with Crippen LogP contribution in [0.2, 0.25) is 0 Å². The molecule has 0 bridgehead atoms. The van der Waals surface area contributed by atoms with Crippen LogP contribution >= 0.6 is 11.6 Å². The molecular weight excluding hydrogens is 754 g/mol. The third-order valence-electron chi connectivity index (χ3n) is 10.00. The fourth-order valence-corrected chi connectivity index (χ4v) is 6.09. The maximum Gasteiger partial charge on any atom is 0.336 e. The van der Waals surface area contributed by atoms with E-state index in [4.69, 9.17) is 21.4 Å². The van der Waals surface area contributed by atoms with Gasteiger partial charge in [0.25, 0.3) is 0 Å². The van der Waals surface area contributed by atoms with Gasteiger partial charge in [-0.2, -0.15) is 0 Å². The Hall–Kier alpha value is -5.43. The molecule has 0 aromatic heterocycles. The number of nitrogens with zero attached hydrogens (tertiary/aromatic N) is 1. The maximum atomic E-state index is 12.1. The van der Waals surface area contributed by atoms with Gasteiger partial charge >= 0.3 is 5.97 Å². The molecule has 3 atom stereocenters. The number of aromatic hydroxyl groups is 2. The molecule has 5 rings (SSSR count). The lowest BCUT2D eigenvalue weighted by Gasteiger charge is -2.21. The maximum absolute atomic E-state index is 12.1. The van der Waals surface area contributed by atoms with Crippen molar-refractivity contribution in [2.75, 3.05) is 19.6 Å². The lowest BCUT2D eigenvalue weighted by atomic mass is 9.84. The highest BCUT2D eigenvalue weighted by Crippen LogP contribution is 2.33. The van der Waals surface area contributed by atoms with Crippen LogP contribution in [0.1, 0.15) is 113 Å². The van der Waals surface area contributed by atoms with E-state index in [1.165, 1.54) is 48.5 Å². The van der Waals surface area contributed by atoms with Gasteiger partial charge in [0.05, 0.1) is 0 Å². The summed E-state index contributed by atoms with van der Waals surface area (Å²) in [4.78, 5) is 24.7. The van der Waals surface area contributed by atoms with Crippen LogP contribution in [0.25, 0.3) is 12.2 Å². The van der Waals surface area contributed by atoms with E-state index < -0.39 is 5.24 Å². The van der Waals surface area contributed by atoms with Crippen molar-refractivity contribution in [3.8, 4) is 17.2 Å². The lowest BCUT2D eigenvalue weighted by Crippen LogP contribution is -2.21. The largest absolute Gasteiger partial charge is 0.508 e. The molecule has 314 valence electrons. The Kier molecular flexibility index (Phi) is 24.3. The number of ether oxygens (including phenoxy) is 1. The third-order valence-corrected chi connectivity index (χ3v) is 10.1. The first-order valence-electron chi connectivity index (χ1n) is 20.7. The van der Waals surface area contributed by atoms with Crippen LogP contribution in [0.5, 0.6) is 17.2 Å². The number of carbonyl (C=O) groups excluding carboxylic acids is 2. The van der Waals surface area contributed by atoms with E-state index in [1.807, 2.05) is 109 Å². The van der Waals surface area contributed by atoms with Crippen LogP contribution in [0, 0.1) is 0 Å². The molecule has 0 radical (unpaired) electrons. The second-order valence-corrected chi connectivity index (χ2v) is 14.5. The summed E-state index contributed by atoms with van der Waals surface area (Å²) in [6, 6.07) is 41.8. The molecule has 5 aromatic rings. The third kappa shape index (κ3) is 20.7. The number of esters is 1. The lowest BCUT2D eigenvalue weighted by molar-refractivity contribution is -0.128. The van der Waals surface area contributed by atoms with Gasteiger partial charge in [0.1, 0.15) is 17.2 Å². The van der Waals surface area contributed by atoms with Gasteiger partial charge in [-0.3, -0.25) is 4.79 Å². The van der Waals surface area contributed by atoms with Crippen molar-refractivity contribution in [1.29, 1.82) is 0 Å². The molecule has 0 amide bonds. The second kappa shape index (κ2) is 28.9. The number of rotatable bonds is 15. The summed E-state index contributed by atoms with van der Waals surface area (Å²) in [6.07, 6.45) is 9.38. The monoisotopic (exact) mass is 817 g/mol. The Labute approximate surface area is 358 Å². The van der Waals surface area contributed by atoms with Crippen molar-refractivity contribution in [3.63, 3.8) is 0 Å². The molecule has 0 aliphatic carbocycles.